The van der Waals surface area contributed by atoms with E-state index in [2.05, 4.69) is 6.30 Å². The molecule has 0 N–H and O–H groups in total. The van der Waals surface area contributed by atoms with Crippen LogP contribution in [0, 0.1) is 0 Å². The van der Waals surface area contributed by atoms with E-state index >= 15 is 0 Å². The van der Waals surface area contributed by atoms with Crippen molar-refractivity contribution >= 4 is 19.9 Å². The van der Waals surface area contributed by atoms with Crippen molar-refractivity contribution in [2.24, 2.45) is 0 Å². The van der Waals surface area contributed by atoms with Crippen LogP contribution in [0.2, 0.25) is 0 Å². The Balaban J connectivity index is 3.11. The molecular weight excluding hydrogens is 67.0 g/mol. The van der Waals surface area contributed by atoms with Crippen molar-refractivity contribution in [3.05, 3.63) is 0 Å². The van der Waals surface area contributed by atoms with Crippen LogP contribution in [-0.4, -0.2) is 12.1 Å². The van der Waals surface area contributed by atoms with Crippen molar-refractivity contribution in [2.45, 2.75) is 6.92 Å². The van der Waals surface area contributed by atoms with Crippen molar-refractivity contribution in [1.82, 2.24) is 0 Å². The van der Waals surface area contributed by atoms with Gasteiger partial charge >= 0.3 is 0 Å². The maximum absolute atomic E-state index is 3.58. The Morgan fingerprint density at radius 3 is 2.25 bits per heavy atom. The predicted octanol–water partition coefficient (Wildman–Crippen LogP) is 0.919. The first-order valence-corrected chi connectivity index (χ1v) is 2.50. The molecule has 0 amide bonds. The summed E-state index contributed by atoms with van der Waals surface area (Å²) in [6.07, 6.45) is 3.58. The van der Waals surface area contributed by atoms with Crippen LogP contribution >= 0.6 is 7.83 Å². The van der Waals surface area contributed by atoms with Gasteiger partial charge in [0.05, 0.1) is 0 Å². The van der Waals surface area contributed by atoms with Crippen molar-refractivity contribution < 1.29 is 0 Å². The number of hydrogen-bond donors (Lipinski definition) is 0. The molecule has 0 saturated heterocycles. The summed E-state index contributed by atoms with van der Waals surface area (Å²) >= 11 is 0. The molecule has 0 aliphatic heterocycles. The van der Waals surface area contributed by atoms with Gasteiger partial charge in [-0.25, -0.2) is 0 Å². The number of hydrogen-bond acceptors (Lipinski definition) is 0. The molecule has 0 spiro atoms. The third kappa shape index (κ3) is 2.04. The fourth-order valence-corrected chi connectivity index (χ4v) is 0. The zero-order valence-electron chi connectivity index (χ0n) is 2.78. The monoisotopic (exact) mass is 74.0 g/mol. The van der Waals surface area contributed by atoms with Crippen LogP contribution in [0.3, 0.4) is 0 Å². The molecule has 0 aromatic rings. The third-order valence-corrected chi connectivity index (χ3v) is 0.612. The van der Waals surface area contributed by atoms with Gasteiger partial charge in [-0.3, -0.25) is 0 Å². The molecule has 0 saturated carbocycles. The highest BCUT2D eigenvalue weighted by Crippen LogP contribution is 1.57. The van der Waals surface area contributed by atoms with Gasteiger partial charge in [0.25, 0.3) is 0 Å². The second-order valence-electron chi connectivity index (χ2n) is 0.493. The van der Waals surface area contributed by atoms with Gasteiger partial charge in [-0.15, -0.1) is 0 Å². The molecule has 24 valence electrons. The Kier molecular flexibility index (Phi) is 3.07. The molecule has 0 heterocycles. The van der Waals surface area contributed by atoms with Gasteiger partial charge in [-0.1, -0.05) is 12.1 Å². The molecule has 0 aliphatic rings. The van der Waals surface area contributed by atoms with Crippen LogP contribution in [0.5, 0.6) is 0 Å². The summed E-state index contributed by atoms with van der Waals surface area (Å²) in [5.41, 5.74) is 0. The molecule has 4 heavy (non-hydrogen) atoms. The van der Waals surface area contributed by atoms with Gasteiger partial charge in [-0.2, -0.15) is 7.83 Å². The lowest BCUT2D eigenvalue weighted by atomic mass is 11.0. The van der Waals surface area contributed by atoms with Crippen molar-refractivity contribution in [3.63, 3.8) is 0 Å². The third-order valence-electron chi connectivity index (χ3n) is 0.204. The lowest BCUT2D eigenvalue weighted by molar-refractivity contribution is 2.14. The summed E-state index contributed by atoms with van der Waals surface area (Å²) in [6, 6.07) is 0. The van der Waals surface area contributed by atoms with E-state index in [1.807, 2.05) is 12.7 Å². The smallest absolute Gasteiger partial charge is 0.0432 e. The van der Waals surface area contributed by atoms with Gasteiger partial charge in [-0.05, 0) is 6.92 Å². The van der Waals surface area contributed by atoms with E-state index in [1.165, 1.54) is 0 Å². The molecule has 0 nitrogen and oxygen atoms in total. The van der Waals surface area contributed by atoms with Crippen LogP contribution in [0.25, 0.3) is 0 Å². The molecule has 1 atom stereocenters. The molecule has 1 heteroatoms. The highest BCUT2D eigenvalue weighted by atomic mass is 31.0. The summed E-state index contributed by atoms with van der Waals surface area (Å²) in [7, 11) is 0.765. The minimum absolute atomic E-state index is 0.765. The van der Waals surface area contributed by atoms with E-state index in [4.69, 9.17) is 0 Å². The summed E-state index contributed by atoms with van der Waals surface area (Å²) in [5, 5.41) is 0. The summed E-state index contributed by atoms with van der Waals surface area (Å²) < 4.78 is 0. The van der Waals surface area contributed by atoms with Crippen LogP contribution < -0.4 is 0 Å². The Morgan fingerprint density at radius 1 is 2.00 bits per heavy atom. The van der Waals surface area contributed by atoms with Crippen LogP contribution in [0.15, 0.2) is 0 Å². The van der Waals surface area contributed by atoms with E-state index in [-0.39, 0.29) is 0 Å². The van der Waals surface area contributed by atoms with E-state index in [0.29, 0.717) is 0 Å². The first-order valence-electron chi connectivity index (χ1n) is 1.22. The second-order valence-corrected chi connectivity index (χ2v) is 1.48. The van der Waals surface area contributed by atoms with E-state index in [9.17, 15) is 0 Å². The van der Waals surface area contributed by atoms with Gasteiger partial charge in [0.15, 0.2) is 0 Å². The summed E-state index contributed by atoms with van der Waals surface area (Å²) in [5.74, 6) is 2.04. The molecule has 0 fully saturated rings. The van der Waals surface area contributed by atoms with E-state index < -0.39 is 0 Å². The first kappa shape index (κ1) is 4.04. The largest absolute Gasteiger partial charge is 0.152 e. The highest BCUT2D eigenvalue weighted by molar-refractivity contribution is 7.36. The van der Waals surface area contributed by atoms with Gasteiger partial charge in [0.1, 0.15) is 0 Å². The Bertz CT molecular complexity index is 41.2. The lowest BCUT2D eigenvalue weighted by Gasteiger charge is -1.39. The predicted molar refractivity (Wildman–Crippen MR) is 27.2 cm³/mol. The zero-order valence-corrected chi connectivity index (χ0v) is 3.78. The molecule has 0 bridgehead atoms. The van der Waals surface area contributed by atoms with Crippen LogP contribution in [0.4, 0.5) is 0 Å². The molecule has 0 rings (SSSR count). The zero-order chi connectivity index (χ0) is 3.41. The Morgan fingerprint density at radius 2 is 2.25 bits per heavy atom. The minimum atomic E-state index is 0.765. The van der Waals surface area contributed by atoms with Crippen molar-refractivity contribution in [2.75, 3.05) is 0 Å². The number of rotatable bonds is 0. The van der Waals surface area contributed by atoms with Crippen molar-refractivity contribution in [3.8, 4) is 0 Å². The first-order chi connectivity index (χ1) is 1.91. The Labute approximate surface area is 27.9 Å². The average Bonchev–Trinajstić information content (AvgIpc) is 1.37. The van der Waals surface area contributed by atoms with Gasteiger partial charge in [0, 0.05) is 0 Å². The van der Waals surface area contributed by atoms with Crippen LogP contribution in [0.1, 0.15) is 6.92 Å². The SMILES string of the molecule is C=[PH]=CC. The molecular formula is C3H7P. The van der Waals surface area contributed by atoms with E-state index in [0.717, 1.165) is 7.83 Å². The molecule has 0 aromatic carbocycles. The maximum Gasteiger partial charge on any atom is -0.0432 e. The maximum atomic E-state index is 3.58. The topological polar surface area (TPSA) is 0 Å². The Hall–Kier alpha value is 0.0400. The molecule has 1 unspecified atom stereocenters. The highest BCUT2D eigenvalue weighted by Gasteiger charge is 1.22. The van der Waals surface area contributed by atoms with Gasteiger partial charge in [0.2, 0.25) is 0 Å². The molecule has 0 aromatic heterocycles. The fourth-order valence-electron chi connectivity index (χ4n) is 0. The molecule has 0 aliphatic carbocycles. The standard InChI is InChI=1S/C3H7P/c1-3-4-2/h3-4H,2H2,1H3. The van der Waals surface area contributed by atoms with Crippen LogP contribution in [-0.2, 0) is 0 Å². The quantitative estimate of drug-likeness (QED) is 0.375. The average molecular weight is 74.1 g/mol. The lowest BCUT2D eigenvalue weighted by Crippen LogP contribution is -1.28. The minimum Gasteiger partial charge on any atom is -0.152 e. The van der Waals surface area contributed by atoms with Crippen molar-refractivity contribution in [1.29, 1.82) is 0 Å². The summed E-state index contributed by atoms with van der Waals surface area (Å²) in [4.78, 5) is 0. The summed E-state index contributed by atoms with van der Waals surface area (Å²) in [6.45, 7) is 2.01. The normalized spacial score (nSPS) is 7.25. The van der Waals surface area contributed by atoms with E-state index in [1.54, 1.807) is 0 Å². The second kappa shape index (κ2) is 3.04. The molecule has 0 radical (unpaired) electrons. The van der Waals surface area contributed by atoms with Gasteiger partial charge < -0.3 is 0 Å². The fraction of sp³-hybridized carbons (Fsp3) is 0.333.